The Morgan fingerprint density at radius 1 is 1.30 bits per heavy atom. The van der Waals surface area contributed by atoms with Crippen LogP contribution in [0.2, 0.25) is 0 Å². The van der Waals surface area contributed by atoms with E-state index in [-0.39, 0.29) is 6.10 Å². The average Bonchev–Trinajstić information content (AvgIpc) is 2.74. The van der Waals surface area contributed by atoms with Gasteiger partial charge in [-0.25, -0.2) is 0 Å². The van der Waals surface area contributed by atoms with Gasteiger partial charge in [-0.15, -0.1) is 0 Å². The lowest BCUT2D eigenvalue weighted by atomic mass is 10.2. The van der Waals surface area contributed by atoms with Gasteiger partial charge in [0.15, 0.2) is 23.9 Å². The van der Waals surface area contributed by atoms with Crippen molar-refractivity contribution in [2.24, 2.45) is 0 Å². The lowest BCUT2D eigenvalue weighted by Crippen LogP contribution is -2.33. The highest BCUT2D eigenvalue weighted by molar-refractivity contribution is 5.77. The molecule has 1 aliphatic heterocycles. The molecule has 0 spiro atoms. The third kappa shape index (κ3) is 2.18. The van der Waals surface area contributed by atoms with Crippen LogP contribution in [0.15, 0.2) is 30.3 Å². The highest BCUT2D eigenvalue weighted by Gasteiger charge is 2.22. The third-order valence-electron chi connectivity index (χ3n) is 3.69. The Labute approximate surface area is 117 Å². The number of aromatic nitrogens is 1. The fraction of sp³-hybridized carbons (Fsp3) is 0.312. The van der Waals surface area contributed by atoms with Crippen LogP contribution in [0.4, 0.5) is 0 Å². The zero-order chi connectivity index (χ0) is 14.1. The van der Waals surface area contributed by atoms with Gasteiger partial charge in [0.25, 0.3) is 0 Å². The first-order chi connectivity index (χ1) is 9.69. The number of fused-ring (bicyclic) bond motifs is 1. The lowest BCUT2D eigenvalue weighted by Gasteiger charge is -2.27. The van der Waals surface area contributed by atoms with E-state index in [1.165, 1.54) is 0 Å². The molecule has 20 heavy (non-hydrogen) atoms. The normalized spacial score (nSPS) is 17.0. The summed E-state index contributed by atoms with van der Waals surface area (Å²) in [5, 5.41) is 0. The van der Waals surface area contributed by atoms with Crippen molar-refractivity contribution in [2.75, 3.05) is 6.61 Å². The number of hydrogen-bond donors (Lipinski definition) is 0. The number of aryl methyl sites for hydroxylation is 1. The van der Waals surface area contributed by atoms with Crippen LogP contribution in [0, 0.1) is 13.8 Å². The second-order valence-electron chi connectivity index (χ2n) is 5.05. The minimum Gasteiger partial charge on any atom is -0.486 e. The number of hydrogen-bond acceptors (Lipinski definition) is 3. The highest BCUT2D eigenvalue weighted by Crippen LogP contribution is 2.31. The van der Waals surface area contributed by atoms with Gasteiger partial charge in [-0.2, -0.15) is 0 Å². The van der Waals surface area contributed by atoms with E-state index in [1.54, 1.807) is 0 Å². The fourth-order valence-electron chi connectivity index (χ4n) is 2.58. The summed E-state index contributed by atoms with van der Waals surface area (Å²) in [6.45, 7) is 5.15. The molecule has 2 aromatic rings. The number of para-hydroxylation sites is 2. The third-order valence-corrected chi connectivity index (χ3v) is 3.69. The van der Waals surface area contributed by atoms with E-state index < -0.39 is 0 Å². The second kappa shape index (κ2) is 5.04. The van der Waals surface area contributed by atoms with Crippen molar-refractivity contribution >= 4 is 6.29 Å². The first-order valence-electron chi connectivity index (χ1n) is 6.69. The second-order valence-corrected chi connectivity index (χ2v) is 5.05. The van der Waals surface area contributed by atoms with Crippen LogP contribution >= 0.6 is 0 Å². The van der Waals surface area contributed by atoms with Crippen LogP contribution in [0.1, 0.15) is 21.7 Å². The Kier molecular flexibility index (Phi) is 3.22. The molecule has 2 heterocycles. The topological polar surface area (TPSA) is 40.5 Å². The van der Waals surface area contributed by atoms with Gasteiger partial charge in [-0.3, -0.25) is 4.79 Å². The highest BCUT2D eigenvalue weighted by atomic mass is 16.6. The van der Waals surface area contributed by atoms with Crippen molar-refractivity contribution in [2.45, 2.75) is 26.5 Å². The molecular formula is C16H17NO3. The summed E-state index contributed by atoms with van der Waals surface area (Å²) in [5.74, 6) is 1.57. The van der Waals surface area contributed by atoms with Gasteiger partial charge in [-0.1, -0.05) is 12.1 Å². The Morgan fingerprint density at radius 3 is 2.75 bits per heavy atom. The van der Waals surface area contributed by atoms with E-state index in [4.69, 9.17) is 9.47 Å². The summed E-state index contributed by atoms with van der Waals surface area (Å²) >= 11 is 0. The lowest BCUT2D eigenvalue weighted by molar-refractivity contribution is 0.0778. The SMILES string of the molecule is Cc1cc(C=O)c(C)n1CC1COc2ccccc2O1. The van der Waals surface area contributed by atoms with Crippen LogP contribution in [-0.4, -0.2) is 23.6 Å². The minimum absolute atomic E-state index is 0.0470. The van der Waals surface area contributed by atoms with Crippen molar-refractivity contribution in [3.63, 3.8) is 0 Å². The molecule has 0 amide bonds. The molecule has 1 unspecified atom stereocenters. The van der Waals surface area contributed by atoms with Gasteiger partial charge >= 0.3 is 0 Å². The molecule has 104 valence electrons. The van der Waals surface area contributed by atoms with E-state index in [0.29, 0.717) is 13.2 Å². The minimum atomic E-state index is -0.0470. The molecule has 1 aromatic heterocycles. The molecule has 0 saturated carbocycles. The van der Waals surface area contributed by atoms with Crippen molar-refractivity contribution < 1.29 is 14.3 Å². The average molecular weight is 271 g/mol. The zero-order valence-electron chi connectivity index (χ0n) is 11.6. The number of benzene rings is 1. The molecule has 4 nitrogen and oxygen atoms in total. The van der Waals surface area contributed by atoms with Crippen LogP contribution in [0.5, 0.6) is 11.5 Å². The number of nitrogens with zero attached hydrogens (tertiary/aromatic N) is 1. The first-order valence-corrected chi connectivity index (χ1v) is 6.69. The maximum Gasteiger partial charge on any atom is 0.161 e. The molecule has 0 N–H and O–H groups in total. The molecule has 0 aliphatic carbocycles. The van der Waals surface area contributed by atoms with Crippen LogP contribution in [0.3, 0.4) is 0 Å². The molecule has 1 aromatic carbocycles. The van der Waals surface area contributed by atoms with Crippen molar-refractivity contribution in [3.8, 4) is 11.5 Å². The van der Waals surface area contributed by atoms with Gasteiger partial charge in [0.1, 0.15) is 6.61 Å². The number of ether oxygens (including phenoxy) is 2. The van der Waals surface area contributed by atoms with Crippen molar-refractivity contribution in [1.82, 2.24) is 4.57 Å². The van der Waals surface area contributed by atoms with Crippen LogP contribution in [-0.2, 0) is 6.54 Å². The van der Waals surface area contributed by atoms with Gasteiger partial charge in [0, 0.05) is 17.0 Å². The van der Waals surface area contributed by atoms with E-state index in [9.17, 15) is 4.79 Å². The van der Waals surface area contributed by atoms with Crippen molar-refractivity contribution in [3.05, 3.63) is 47.3 Å². The van der Waals surface area contributed by atoms with Gasteiger partial charge < -0.3 is 14.0 Å². The summed E-state index contributed by atoms with van der Waals surface area (Å²) < 4.78 is 13.8. The molecule has 4 heteroatoms. The quantitative estimate of drug-likeness (QED) is 0.806. The monoisotopic (exact) mass is 271 g/mol. The molecular weight excluding hydrogens is 254 g/mol. The van der Waals surface area contributed by atoms with Crippen LogP contribution < -0.4 is 9.47 Å². The molecule has 3 rings (SSSR count). The molecule has 0 fully saturated rings. The Hall–Kier alpha value is -2.23. The van der Waals surface area contributed by atoms with Gasteiger partial charge in [-0.05, 0) is 32.0 Å². The van der Waals surface area contributed by atoms with E-state index >= 15 is 0 Å². The number of carbonyl (C=O) groups excluding carboxylic acids is 1. The smallest absolute Gasteiger partial charge is 0.161 e. The van der Waals surface area contributed by atoms with Crippen molar-refractivity contribution in [1.29, 1.82) is 0 Å². The summed E-state index contributed by atoms with van der Waals surface area (Å²) in [6, 6.07) is 9.58. The van der Waals surface area contributed by atoms with E-state index in [0.717, 1.165) is 34.7 Å². The summed E-state index contributed by atoms with van der Waals surface area (Å²) in [6.07, 6.45) is 0.848. The summed E-state index contributed by atoms with van der Waals surface area (Å²) in [7, 11) is 0. The summed E-state index contributed by atoms with van der Waals surface area (Å²) in [4.78, 5) is 11.0. The number of aldehydes is 1. The first kappa shape index (κ1) is 12.8. The maximum absolute atomic E-state index is 11.0. The Balaban J connectivity index is 1.80. The largest absolute Gasteiger partial charge is 0.486 e. The number of rotatable bonds is 3. The standard InChI is InChI=1S/C16H17NO3/c1-11-7-13(9-18)12(2)17(11)8-14-10-19-15-5-3-4-6-16(15)20-14/h3-7,9,14H,8,10H2,1-2H3. The zero-order valence-corrected chi connectivity index (χ0v) is 11.6. The number of carbonyl (C=O) groups is 1. The molecule has 0 radical (unpaired) electrons. The van der Waals surface area contributed by atoms with E-state index in [2.05, 4.69) is 4.57 Å². The molecule has 1 aliphatic rings. The Bertz CT molecular complexity index is 645. The predicted octanol–water partition coefficient (Wildman–Crippen LogP) is 2.76. The molecule has 0 saturated heterocycles. The summed E-state index contributed by atoms with van der Waals surface area (Å²) in [5.41, 5.74) is 2.77. The molecule has 1 atom stereocenters. The predicted molar refractivity (Wildman–Crippen MR) is 75.6 cm³/mol. The molecule has 0 bridgehead atoms. The van der Waals surface area contributed by atoms with E-state index in [1.807, 2.05) is 44.2 Å². The fourth-order valence-corrected chi connectivity index (χ4v) is 2.58. The van der Waals surface area contributed by atoms with Crippen LogP contribution in [0.25, 0.3) is 0 Å². The Morgan fingerprint density at radius 2 is 2.05 bits per heavy atom. The van der Waals surface area contributed by atoms with Gasteiger partial charge in [0.05, 0.1) is 6.54 Å². The van der Waals surface area contributed by atoms with Gasteiger partial charge in [0.2, 0.25) is 0 Å². The maximum atomic E-state index is 11.0.